The number of benzene rings is 1. The summed E-state index contributed by atoms with van der Waals surface area (Å²) in [6.07, 6.45) is 0. The van der Waals surface area contributed by atoms with Crippen LogP contribution in [0.5, 0.6) is 0 Å². The molecule has 0 bridgehead atoms. The molecule has 0 spiro atoms. The number of hydrogen-bond acceptors (Lipinski definition) is 2. The average molecular weight is 228 g/mol. The molecule has 0 aliphatic carbocycles. The first kappa shape index (κ1) is 11.9. The first-order valence-electron chi connectivity index (χ1n) is 4.65. The Bertz CT molecular complexity index is 363. The van der Waals surface area contributed by atoms with Crippen molar-refractivity contribution in [3.63, 3.8) is 0 Å². The van der Waals surface area contributed by atoms with Crippen molar-refractivity contribution >= 4 is 23.3 Å². The summed E-state index contributed by atoms with van der Waals surface area (Å²) in [5.74, 6) is -0.831. The Labute approximate surface area is 94.1 Å². The van der Waals surface area contributed by atoms with Gasteiger partial charge in [-0.3, -0.25) is 4.79 Å². The van der Waals surface area contributed by atoms with E-state index < -0.39 is 11.4 Å². The maximum absolute atomic E-state index is 10.9. The molecule has 0 radical (unpaired) electrons. The van der Waals surface area contributed by atoms with Crippen molar-refractivity contribution in [2.75, 3.05) is 11.9 Å². The molecule has 0 heterocycles. The van der Waals surface area contributed by atoms with Crippen LogP contribution < -0.4 is 5.32 Å². The number of carboxylic acid groups (broad SMARTS) is 1. The van der Waals surface area contributed by atoms with Gasteiger partial charge in [-0.2, -0.15) is 0 Å². The van der Waals surface area contributed by atoms with E-state index in [4.69, 9.17) is 16.7 Å². The molecule has 1 aromatic rings. The predicted octanol–water partition coefficient (Wildman–Crippen LogP) is 2.86. The first-order valence-corrected chi connectivity index (χ1v) is 5.03. The van der Waals surface area contributed by atoms with Crippen molar-refractivity contribution in [3.8, 4) is 0 Å². The van der Waals surface area contributed by atoms with Crippen molar-refractivity contribution < 1.29 is 9.90 Å². The Balaban J connectivity index is 2.66. The minimum atomic E-state index is -0.831. The second-order valence-corrected chi connectivity index (χ2v) is 4.43. The van der Waals surface area contributed by atoms with Crippen LogP contribution in [0.3, 0.4) is 0 Å². The molecule has 0 fully saturated rings. The number of halogens is 1. The minimum absolute atomic E-state index is 0.339. The van der Waals surface area contributed by atoms with Crippen molar-refractivity contribution in [1.29, 1.82) is 0 Å². The molecular formula is C11H14ClNO2. The molecular weight excluding hydrogens is 214 g/mol. The molecule has 0 unspecified atom stereocenters. The zero-order valence-electron chi connectivity index (χ0n) is 8.75. The van der Waals surface area contributed by atoms with E-state index in [2.05, 4.69) is 5.32 Å². The van der Waals surface area contributed by atoms with Gasteiger partial charge in [0.15, 0.2) is 0 Å². The second kappa shape index (κ2) is 4.53. The molecule has 2 N–H and O–H groups in total. The summed E-state index contributed by atoms with van der Waals surface area (Å²) in [6.45, 7) is 3.67. The predicted molar refractivity (Wildman–Crippen MR) is 61.4 cm³/mol. The zero-order valence-corrected chi connectivity index (χ0v) is 9.51. The van der Waals surface area contributed by atoms with Gasteiger partial charge in [-0.25, -0.2) is 0 Å². The molecule has 15 heavy (non-hydrogen) atoms. The Morgan fingerprint density at radius 3 is 2.60 bits per heavy atom. The van der Waals surface area contributed by atoms with Gasteiger partial charge in [0.2, 0.25) is 0 Å². The third kappa shape index (κ3) is 3.13. The summed E-state index contributed by atoms with van der Waals surface area (Å²) in [5.41, 5.74) is -0.0485. The Hall–Kier alpha value is -1.22. The molecule has 0 saturated carbocycles. The maximum atomic E-state index is 10.9. The van der Waals surface area contributed by atoms with Gasteiger partial charge in [-0.15, -0.1) is 0 Å². The van der Waals surface area contributed by atoms with Crippen LogP contribution in [0.2, 0.25) is 5.02 Å². The summed E-state index contributed by atoms with van der Waals surface area (Å²) in [4.78, 5) is 10.9. The highest BCUT2D eigenvalue weighted by Crippen LogP contribution is 2.23. The van der Waals surface area contributed by atoms with Crippen LogP contribution in [-0.2, 0) is 4.79 Å². The van der Waals surface area contributed by atoms with Crippen molar-refractivity contribution in [2.45, 2.75) is 13.8 Å². The summed E-state index contributed by atoms with van der Waals surface area (Å²) >= 11 is 5.92. The molecule has 1 rings (SSSR count). The second-order valence-electron chi connectivity index (χ2n) is 4.02. The van der Waals surface area contributed by atoms with E-state index >= 15 is 0 Å². The molecule has 4 heteroatoms. The number of nitrogens with one attached hydrogen (secondary N) is 1. The van der Waals surface area contributed by atoms with E-state index in [1.165, 1.54) is 0 Å². The van der Waals surface area contributed by atoms with Crippen LogP contribution in [0.15, 0.2) is 24.3 Å². The number of aliphatic carboxylic acids is 1. The molecule has 3 nitrogen and oxygen atoms in total. The third-order valence-corrected chi connectivity index (χ3v) is 2.50. The molecule has 82 valence electrons. The van der Waals surface area contributed by atoms with Crippen LogP contribution in [0, 0.1) is 5.41 Å². The Kier molecular flexibility index (Phi) is 3.58. The number of carbonyl (C=O) groups is 1. The van der Waals surface area contributed by atoms with E-state index in [9.17, 15) is 4.79 Å². The minimum Gasteiger partial charge on any atom is -0.481 e. The van der Waals surface area contributed by atoms with Gasteiger partial charge in [0.25, 0.3) is 0 Å². The molecule has 0 saturated heterocycles. The molecule has 0 atom stereocenters. The smallest absolute Gasteiger partial charge is 0.310 e. The number of anilines is 1. The van der Waals surface area contributed by atoms with E-state index in [0.717, 1.165) is 5.69 Å². The summed E-state index contributed by atoms with van der Waals surface area (Å²) in [7, 11) is 0. The molecule has 0 aliphatic rings. The average Bonchev–Trinajstić information content (AvgIpc) is 2.16. The molecule has 0 aromatic heterocycles. The Morgan fingerprint density at radius 2 is 2.07 bits per heavy atom. The highest BCUT2D eigenvalue weighted by atomic mass is 35.5. The van der Waals surface area contributed by atoms with E-state index in [1.54, 1.807) is 19.9 Å². The summed E-state index contributed by atoms with van der Waals surface area (Å²) in [6, 6.07) is 7.26. The number of carboxylic acids is 1. The monoisotopic (exact) mass is 227 g/mol. The SMILES string of the molecule is CC(C)(CNc1ccccc1Cl)C(=O)O. The quantitative estimate of drug-likeness (QED) is 0.832. The van der Waals surface area contributed by atoms with E-state index in [-0.39, 0.29) is 0 Å². The molecule has 1 aromatic carbocycles. The van der Waals surface area contributed by atoms with E-state index in [0.29, 0.717) is 11.6 Å². The fourth-order valence-electron chi connectivity index (χ4n) is 0.996. The van der Waals surface area contributed by atoms with Gasteiger partial charge >= 0.3 is 5.97 Å². The van der Waals surface area contributed by atoms with E-state index in [1.807, 2.05) is 18.2 Å². The van der Waals surface area contributed by atoms with Crippen LogP contribution >= 0.6 is 11.6 Å². The topological polar surface area (TPSA) is 49.3 Å². The van der Waals surface area contributed by atoms with Crippen molar-refractivity contribution in [2.24, 2.45) is 5.41 Å². The van der Waals surface area contributed by atoms with Gasteiger partial charge in [0.05, 0.1) is 16.1 Å². The van der Waals surface area contributed by atoms with Crippen molar-refractivity contribution in [3.05, 3.63) is 29.3 Å². The number of hydrogen-bond donors (Lipinski definition) is 2. The van der Waals surface area contributed by atoms with Crippen molar-refractivity contribution in [1.82, 2.24) is 0 Å². The lowest BCUT2D eigenvalue weighted by Gasteiger charge is -2.20. The van der Waals surface area contributed by atoms with Gasteiger partial charge in [-0.1, -0.05) is 23.7 Å². The largest absolute Gasteiger partial charge is 0.481 e. The van der Waals surface area contributed by atoms with Gasteiger partial charge in [0, 0.05) is 6.54 Å². The maximum Gasteiger partial charge on any atom is 0.310 e. The summed E-state index contributed by atoms with van der Waals surface area (Å²) < 4.78 is 0. The Morgan fingerprint density at radius 1 is 1.47 bits per heavy atom. The zero-order chi connectivity index (χ0) is 11.5. The standard InChI is InChI=1S/C11H14ClNO2/c1-11(2,10(14)15)7-13-9-6-4-3-5-8(9)12/h3-6,13H,7H2,1-2H3,(H,14,15). The highest BCUT2D eigenvalue weighted by Gasteiger charge is 2.26. The van der Waals surface area contributed by atoms with Gasteiger partial charge in [0.1, 0.15) is 0 Å². The van der Waals surface area contributed by atoms with Crippen LogP contribution in [-0.4, -0.2) is 17.6 Å². The lowest BCUT2D eigenvalue weighted by atomic mass is 9.94. The fourth-order valence-corrected chi connectivity index (χ4v) is 1.20. The normalized spacial score (nSPS) is 11.1. The van der Waals surface area contributed by atoms with Gasteiger partial charge < -0.3 is 10.4 Å². The fraction of sp³-hybridized carbons (Fsp3) is 0.364. The molecule has 0 aliphatic heterocycles. The number of rotatable bonds is 4. The van der Waals surface area contributed by atoms with Crippen LogP contribution in [0.4, 0.5) is 5.69 Å². The van der Waals surface area contributed by atoms with Crippen LogP contribution in [0.25, 0.3) is 0 Å². The van der Waals surface area contributed by atoms with Crippen LogP contribution in [0.1, 0.15) is 13.8 Å². The lowest BCUT2D eigenvalue weighted by Crippen LogP contribution is -2.31. The number of para-hydroxylation sites is 1. The lowest BCUT2D eigenvalue weighted by molar-refractivity contribution is -0.146. The highest BCUT2D eigenvalue weighted by molar-refractivity contribution is 6.33. The third-order valence-electron chi connectivity index (χ3n) is 2.17. The first-order chi connectivity index (χ1) is 6.93. The van der Waals surface area contributed by atoms with Gasteiger partial charge in [-0.05, 0) is 26.0 Å². The molecule has 0 amide bonds. The summed E-state index contributed by atoms with van der Waals surface area (Å²) in [5, 5.41) is 12.5.